The van der Waals surface area contributed by atoms with Crippen LogP contribution in [0.2, 0.25) is 0 Å². The van der Waals surface area contributed by atoms with Crippen LogP contribution in [0.25, 0.3) is 0 Å². The molecule has 3 nitrogen and oxygen atoms in total. The molecule has 0 saturated heterocycles. The number of hydrogen-bond donors (Lipinski definition) is 2. The summed E-state index contributed by atoms with van der Waals surface area (Å²) in [6.07, 6.45) is 3.30. The number of carbonyl (C=O) groups is 1. The highest BCUT2D eigenvalue weighted by Crippen LogP contribution is 2.42. The standard InChI is InChI=1S/C14H18O3/c15-12(13(16)17)14(9-5-2-6-10-14)11-7-3-1-4-8-11/h1,3-4,7-8,12,15H,2,5-6,9-10H2,(H,16,17)/t12-/m0/s1. The van der Waals surface area contributed by atoms with Crippen LogP contribution in [-0.4, -0.2) is 22.3 Å². The van der Waals surface area contributed by atoms with Gasteiger partial charge in [-0.15, -0.1) is 0 Å². The molecule has 0 bridgehead atoms. The third-order valence-corrected chi connectivity index (χ3v) is 3.85. The molecule has 1 aromatic rings. The van der Waals surface area contributed by atoms with Crippen molar-refractivity contribution in [2.75, 3.05) is 0 Å². The molecular weight excluding hydrogens is 216 g/mol. The van der Waals surface area contributed by atoms with E-state index in [1.54, 1.807) is 0 Å². The maximum atomic E-state index is 11.1. The first-order chi connectivity index (χ1) is 8.17. The summed E-state index contributed by atoms with van der Waals surface area (Å²) in [6, 6.07) is 9.57. The van der Waals surface area contributed by atoms with E-state index in [-0.39, 0.29) is 0 Å². The Balaban J connectivity index is 2.39. The lowest BCUT2D eigenvalue weighted by atomic mass is 9.66. The number of carboxylic acid groups (broad SMARTS) is 1. The van der Waals surface area contributed by atoms with Gasteiger partial charge in [0.25, 0.3) is 0 Å². The molecule has 0 spiro atoms. The minimum absolute atomic E-state index is 0.592. The second-order valence-electron chi connectivity index (χ2n) is 4.82. The van der Waals surface area contributed by atoms with Crippen LogP contribution in [0.4, 0.5) is 0 Å². The zero-order valence-corrected chi connectivity index (χ0v) is 9.80. The van der Waals surface area contributed by atoms with Gasteiger partial charge in [0, 0.05) is 5.41 Å². The fourth-order valence-electron chi connectivity index (χ4n) is 2.91. The molecule has 0 aliphatic heterocycles. The fourth-order valence-corrected chi connectivity index (χ4v) is 2.91. The smallest absolute Gasteiger partial charge is 0.333 e. The Hall–Kier alpha value is -1.35. The molecule has 3 heteroatoms. The fraction of sp³-hybridized carbons (Fsp3) is 0.500. The lowest BCUT2D eigenvalue weighted by molar-refractivity contribution is -0.152. The van der Waals surface area contributed by atoms with Gasteiger partial charge in [0.05, 0.1) is 0 Å². The summed E-state index contributed by atoms with van der Waals surface area (Å²) in [6.45, 7) is 0. The molecule has 1 saturated carbocycles. The maximum Gasteiger partial charge on any atom is 0.333 e. The van der Waals surface area contributed by atoms with Gasteiger partial charge in [-0.05, 0) is 18.4 Å². The van der Waals surface area contributed by atoms with Crippen molar-refractivity contribution in [3.8, 4) is 0 Å². The highest BCUT2D eigenvalue weighted by atomic mass is 16.4. The minimum atomic E-state index is -1.30. The highest BCUT2D eigenvalue weighted by Gasteiger charge is 2.44. The minimum Gasteiger partial charge on any atom is -0.479 e. The van der Waals surface area contributed by atoms with E-state index in [9.17, 15) is 9.90 Å². The molecule has 0 heterocycles. The van der Waals surface area contributed by atoms with E-state index in [1.807, 2.05) is 30.3 Å². The van der Waals surface area contributed by atoms with E-state index in [0.29, 0.717) is 0 Å². The summed E-state index contributed by atoms with van der Waals surface area (Å²) in [5.41, 5.74) is 0.361. The quantitative estimate of drug-likeness (QED) is 0.844. The van der Waals surface area contributed by atoms with Gasteiger partial charge >= 0.3 is 5.97 Å². The second kappa shape index (κ2) is 4.88. The highest BCUT2D eigenvalue weighted by molar-refractivity contribution is 5.74. The van der Waals surface area contributed by atoms with Crippen LogP contribution < -0.4 is 0 Å². The van der Waals surface area contributed by atoms with Crippen molar-refractivity contribution < 1.29 is 15.0 Å². The Morgan fingerprint density at radius 2 is 1.71 bits per heavy atom. The summed E-state index contributed by atoms with van der Waals surface area (Å²) in [4.78, 5) is 11.1. The van der Waals surface area contributed by atoms with Crippen molar-refractivity contribution in [2.24, 2.45) is 0 Å². The third kappa shape index (κ3) is 2.20. The molecule has 0 aromatic heterocycles. The van der Waals surface area contributed by atoms with Crippen LogP contribution in [-0.2, 0) is 10.2 Å². The topological polar surface area (TPSA) is 57.5 Å². The summed E-state index contributed by atoms with van der Waals surface area (Å²) in [5, 5.41) is 19.2. The summed E-state index contributed by atoms with van der Waals surface area (Å²) in [7, 11) is 0. The van der Waals surface area contributed by atoms with Crippen LogP contribution >= 0.6 is 0 Å². The molecule has 17 heavy (non-hydrogen) atoms. The van der Waals surface area contributed by atoms with Crippen LogP contribution in [0.1, 0.15) is 37.7 Å². The van der Waals surface area contributed by atoms with Crippen LogP contribution in [0.5, 0.6) is 0 Å². The molecule has 2 N–H and O–H groups in total. The van der Waals surface area contributed by atoms with E-state index in [1.165, 1.54) is 0 Å². The summed E-state index contributed by atoms with van der Waals surface area (Å²) < 4.78 is 0. The first-order valence-electron chi connectivity index (χ1n) is 6.13. The summed E-state index contributed by atoms with van der Waals surface area (Å²) >= 11 is 0. The molecule has 1 aromatic carbocycles. The zero-order valence-electron chi connectivity index (χ0n) is 9.80. The number of aliphatic carboxylic acids is 1. The van der Waals surface area contributed by atoms with Crippen molar-refractivity contribution in [1.82, 2.24) is 0 Å². The average molecular weight is 234 g/mol. The largest absolute Gasteiger partial charge is 0.479 e. The predicted octanol–water partition coefficient (Wildman–Crippen LogP) is 2.33. The van der Waals surface area contributed by atoms with Crippen molar-refractivity contribution >= 4 is 5.97 Å². The monoisotopic (exact) mass is 234 g/mol. The first-order valence-corrected chi connectivity index (χ1v) is 6.13. The van der Waals surface area contributed by atoms with E-state index in [0.717, 1.165) is 37.7 Å². The molecule has 0 unspecified atom stereocenters. The van der Waals surface area contributed by atoms with Crippen LogP contribution in [0.15, 0.2) is 30.3 Å². The number of hydrogen-bond acceptors (Lipinski definition) is 2. The molecule has 2 rings (SSSR count). The van der Waals surface area contributed by atoms with Gasteiger partial charge in [0.15, 0.2) is 6.10 Å². The van der Waals surface area contributed by atoms with Gasteiger partial charge in [-0.2, -0.15) is 0 Å². The van der Waals surface area contributed by atoms with E-state index < -0.39 is 17.5 Å². The Morgan fingerprint density at radius 3 is 2.24 bits per heavy atom. The molecule has 1 aliphatic rings. The zero-order chi connectivity index (χ0) is 12.3. The predicted molar refractivity (Wildman–Crippen MR) is 64.8 cm³/mol. The van der Waals surface area contributed by atoms with Crippen molar-refractivity contribution in [2.45, 2.75) is 43.6 Å². The molecular formula is C14H18O3. The lowest BCUT2D eigenvalue weighted by Gasteiger charge is -2.39. The number of carboxylic acids is 1. The molecule has 92 valence electrons. The normalized spacial score (nSPS) is 20.8. The van der Waals surface area contributed by atoms with Gasteiger partial charge in [0.1, 0.15) is 0 Å². The second-order valence-corrected chi connectivity index (χ2v) is 4.82. The number of rotatable bonds is 3. The molecule has 1 atom stereocenters. The molecule has 0 amide bonds. The molecule has 0 radical (unpaired) electrons. The Labute approximate surface area is 101 Å². The maximum absolute atomic E-state index is 11.1. The first kappa shape index (κ1) is 12.1. The van der Waals surface area contributed by atoms with Crippen LogP contribution in [0, 0.1) is 0 Å². The van der Waals surface area contributed by atoms with E-state index in [4.69, 9.17) is 5.11 Å². The molecule has 1 fully saturated rings. The Morgan fingerprint density at radius 1 is 1.12 bits per heavy atom. The molecule has 1 aliphatic carbocycles. The number of benzene rings is 1. The van der Waals surface area contributed by atoms with Crippen molar-refractivity contribution in [3.05, 3.63) is 35.9 Å². The Bertz CT molecular complexity index is 380. The van der Waals surface area contributed by atoms with E-state index >= 15 is 0 Å². The Kier molecular flexibility index (Phi) is 3.48. The summed E-state index contributed by atoms with van der Waals surface area (Å²) in [5.74, 6) is -1.12. The van der Waals surface area contributed by atoms with E-state index in [2.05, 4.69) is 0 Å². The number of aliphatic hydroxyl groups excluding tert-OH is 1. The van der Waals surface area contributed by atoms with Gasteiger partial charge in [-0.3, -0.25) is 0 Å². The van der Waals surface area contributed by atoms with Crippen molar-refractivity contribution in [1.29, 1.82) is 0 Å². The third-order valence-electron chi connectivity index (χ3n) is 3.85. The SMILES string of the molecule is O=C(O)[C@H](O)C1(c2ccccc2)CCCCC1. The van der Waals surface area contributed by atoms with Gasteiger partial charge in [0.2, 0.25) is 0 Å². The number of aliphatic hydroxyl groups is 1. The van der Waals surface area contributed by atoms with Crippen molar-refractivity contribution in [3.63, 3.8) is 0 Å². The van der Waals surface area contributed by atoms with Gasteiger partial charge in [-0.1, -0.05) is 49.6 Å². The van der Waals surface area contributed by atoms with Gasteiger partial charge < -0.3 is 10.2 Å². The lowest BCUT2D eigenvalue weighted by Crippen LogP contribution is -2.46. The van der Waals surface area contributed by atoms with Crippen LogP contribution in [0.3, 0.4) is 0 Å². The van der Waals surface area contributed by atoms with Gasteiger partial charge in [-0.25, -0.2) is 4.79 Å². The average Bonchev–Trinajstić information content (AvgIpc) is 2.39.